The summed E-state index contributed by atoms with van der Waals surface area (Å²) in [6.45, 7) is 0.432. The minimum atomic E-state index is -0.677. The molecular formula is C27H28N4O2. The van der Waals surface area contributed by atoms with Gasteiger partial charge in [0.05, 0.1) is 29.9 Å². The Morgan fingerprint density at radius 3 is 2.39 bits per heavy atom. The van der Waals surface area contributed by atoms with Crippen LogP contribution in [0.4, 0.5) is 4.79 Å². The zero-order valence-corrected chi connectivity index (χ0v) is 18.4. The molecular weight excluding hydrogens is 412 g/mol. The lowest BCUT2D eigenvalue weighted by molar-refractivity contribution is 0.00870. The molecule has 3 aromatic carbocycles. The lowest BCUT2D eigenvalue weighted by atomic mass is 9.89. The van der Waals surface area contributed by atoms with E-state index in [4.69, 9.17) is 0 Å². The molecule has 1 aliphatic heterocycles. The maximum Gasteiger partial charge on any atom is 0.318 e. The maximum absolute atomic E-state index is 13.3. The van der Waals surface area contributed by atoms with E-state index in [1.807, 2.05) is 66.7 Å². The Morgan fingerprint density at radius 1 is 0.909 bits per heavy atom. The SMILES string of the molecule is O=C1N[C@H](Cc2ccccc2)[C@H](O)[C@@H](CCc2ccccc2)N1Cc1ccc2[nH]ncc2c1. The Labute approximate surface area is 193 Å². The second-order valence-corrected chi connectivity index (χ2v) is 8.75. The molecule has 2 heterocycles. The van der Waals surface area contributed by atoms with E-state index in [-0.39, 0.29) is 18.1 Å². The van der Waals surface area contributed by atoms with Crippen LogP contribution in [0.15, 0.2) is 85.1 Å². The van der Waals surface area contributed by atoms with E-state index < -0.39 is 6.10 Å². The van der Waals surface area contributed by atoms with Crippen molar-refractivity contribution in [3.8, 4) is 0 Å². The quantitative estimate of drug-likeness (QED) is 0.405. The van der Waals surface area contributed by atoms with Gasteiger partial charge in [0.15, 0.2) is 0 Å². The van der Waals surface area contributed by atoms with Crippen molar-refractivity contribution < 1.29 is 9.90 Å². The summed E-state index contributed by atoms with van der Waals surface area (Å²) in [5.41, 5.74) is 4.28. The summed E-state index contributed by atoms with van der Waals surface area (Å²) in [5.74, 6) is 0. The molecule has 6 heteroatoms. The first kappa shape index (κ1) is 21.2. The van der Waals surface area contributed by atoms with Crippen LogP contribution in [-0.2, 0) is 19.4 Å². The van der Waals surface area contributed by atoms with Crippen LogP contribution in [0.3, 0.4) is 0 Å². The normalized spacial score (nSPS) is 20.7. The number of hydrogen-bond donors (Lipinski definition) is 3. The number of nitrogens with one attached hydrogen (secondary N) is 2. The van der Waals surface area contributed by atoms with Gasteiger partial charge in [-0.1, -0.05) is 66.7 Å². The number of aromatic amines is 1. The second-order valence-electron chi connectivity index (χ2n) is 8.75. The Bertz CT molecular complexity index is 1210. The highest BCUT2D eigenvalue weighted by Gasteiger charge is 2.40. The first-order chi connectivity index (χ1) is 16.2. The number of rotatable bonds is 7. The molecule has 5 rings (SSSR count). The fraction of sp³-hybridized carbons (Fsp3) is 0.259. The molecule has 0 unspecified atom stereocenters. The summed E-state index contributed by atoms with van der Waals surface area (Å²) in [7, 11) is 0. The third-order valence-corrected chi connectivity index (χ3v) is 6.50. The van der Waals surface area contributed by atoms with Gasteiger partial charge in [-0.05, 0) is 48.1 Å². The number of aliphatic hydroxyl groups excluding tert-OH is 1. The zero-order chi connectivity index (χ0) is 22.6. The lowest BCUT2D eigenvalue weighted by Crippen LogP contribution is -2.65. The molecule has 2 amide bonds. The third kappa shape index (κ3) is 4.76. The Kier molecular flexibility index (Phi) is 6.09. The minimum Gasteiger partial charge on any atom is -0.389 e. The number of amides is 2. The number of aryl methyl sites for hydroxylation is 1. The largest absolute Gasteiger partial charge is 0.389 e. The summed E-state index contributed by atoms with van der Waals surface area (Å²) in [6, 6.07) is 25.5. The molecule has 1 saturated heterocycles. The second kappa shape index (κ2) is 9.46. The third-order valence-electron chi connectivity index (χ3n) is 6.50. The van der Waals surface area contributed by atoms with Gasteiger partial charge in [-0.15, -0.1) is 0 Å². The highest BCUT2D eigenvalue weighted by Crippen LogP contribution is 2.25. The van der Waals surface area contributed by atoms with Gasteiger partial charge in [0.1, 0.15) is 0 Å². The molecule has 1 aromatic heterocycles. The molecule has 3 N–H and O–H groups in total. The van der Waals surface area contributed by atoms with Crippen LogP contribution < -0.4 is 5.32 Å². The van der Waals surface area contributed by atoms with E-state index in [2.05, 4.69) is 27.6 Å². The molecule has 33 heavy (non-hydrogen) atoms. The number of benzene rings is 3. The van der Waals surface area contributed by atoms with Crippen LogP contribution in [0.25, 0.3) is 10.9 Å². The lowest BCUT2D eigenvalue weighted by Gasteiger charge is -2.44. The van der Waals surface area contributed by atoms with E-state index in [0.29, 0.717) is 19.4 Å². The first-order valence-electron chi connectivity index (χ1n) is 11.4. The average molecular weight is 441 g/mol. The molecule has 0 radical (unpaired) electrons. The van der Waals surface area contributed by atoms with Crippen LogP contribution in [-0.4, -0.2) is 44.4 Å². The molecule has 1 fully saturated rings. The van der Waals surface area contributed by atoms with Crippen molar-refractivity contribution in [2.24, 2.45) is 0 Å². The molecule has 0 bridgehead atoms. The number of urea groups is 1. The number of aliphatic hydroxyl groups is 1. The average Bonchev–Trinajstić information content (AvgIpc) is 3.31. The summed E-state index contributed by atoms with van der Waals surface area (Å²) in [5, 5.41) is 22.5. The van der Waals surface area contributed by atoms with Crippen molar-refractivity contribution in [2.75, 3.05) is 0 Å². The van der Waals surface area contributed by atoms with Crippen molar-refractivity contribution in [1.82, 2.24) is 20.4 Å². The topological polar surface area (TPSA) is 81.2 Å². The van der Waals surface area contributed by atoms with Gasteiger partial charge >= 0.3 is 6.03 Å². The maximum atomic E-state index is 13.3. The van der Waals surface area contributed by atoms with Crippen LogP contribution in [0.1, 0.15) is 23.1 Å². The molecule has 6 nitrogen and oxygen atoms in total. The van der Waals surface area contributed by atoms with Gasteiger partial charge in [0, 0.05) is 11.9 Å². The summed E-state index contributed by atoms with van der Waals surface area (Å²) in [6.07, 6.45) is 3.20. The van der Waals surface area contributed by atoms with Crippen LogP contribution >= 0.6 is 0 Å². The van der Waals surface area contributed by atoms with Crippen LogP contribution in [0.2, 0.25) is 0 Å². The molecule has 168 valence electrons. The van der Waals surface area contributed by atoms with E-state index in [0.717, 1.165) is 28.5 Å². The van der Waals surface area contributed by atoms with Crippen molar-refractivity contribution in [3.05, 3.63) is 102 Å². The van der Waals surface area contributed by atoms with Gasteiger partial charge in [-0.2, -0.15) is 5.10 Å². The Morgan fingerprint density at radius 2 is 1.64 bits per heavy atom. The summed E-state index contributed by atoms with van der Waals surface area (Å²) >= 11 is 0. The molecule has 0 saturated carbocycles. The number of aromatic nitrogens is 2. The van der Waals surface area contributed by atoms with Gasteiger partial charge in [-0.3, -0.25) is 5.10 Å². The molecule has 4 aromatic rings. The van der Waals surface area contributed by atoms with Crippen molar-refractivity contribution in [1.29, 1.82) is 0 Å². The number of fused-ring (bicyclic) bond motifs is 1. The van der Waals surface area contributed by atoms with E-state index in [9.17, 15) is 9.90 Å². The fourth-order valence-corrected chi connectivity index (χ4v) is 4.73. The highest BCUT2D eigenvalue weighted by molar-refractivity contribution is 5.79. The van der Waals surface area contributed by atoms with E-state index in [1.165, 1.54) is 5.56 Å². The fourth-order valence-electron chi connectivity index (χ4n) is 4.73. The molecule has 3 atom stereocenters. The minimum absolute atomic E-state index is 0.133. The van der Waals surface area contributed by atoms with E-state index in [1.54, 1.807) is 11.1 Å². The van der Waals surface area contributed by atoms with Gasteiger partial charge in [0.25, 0.3) is 0 Å². The number of hydrogen-bond acceptors (Lipinski definition) is 3. The zero-order valence-electron chi connectivity index (χ0n) is 18.4. The molecule has 0 aliphatic carbocycles. The summed E-state index contributed by atoms with van der Waals surface area (Å²) in [4.78, 5) is 15.1. The van der Waals surface area contributed by atoms with Gasteiger partial charge in [0.2, 0.25) is 0 Å². The predicted octanol–water partition coefficient (Wildman–Crippen LogP) is 4.06. The van der Waals surface area contributed by atoms with Gasteiger partial charge < -0.3 is 15.3 Å². The monoisotopic (exact) mass is 440 g/mol. The number of carbonyl (C=O) groups excluding carboxylic acids is 1. The predicted molar refractivity (Wildman–Crippen MR) is 129 cm³/mol. The Hall–Kier alpha value is -3.64. The number of carbonyl (C=O) groups is 1. The highest BCUT2D eigenvalue weighted by atomic mass is 16.3. The van der Waals surface area contributed by atoms with Crippen molar-refractivity contribution in [2.45, 2.75) is 44.0 Å². The Balaban J connectivity index is 1.39. The van der Waals surface area contributed by atoms with E-state index >= 15 is 0 Å². The molecule has 1 aliphatic rings. The smallest absolute Gasteiger partial charge is 0.318 e. The first-order valence-corrected chi connectivity index (χ1v) is 11.4. The standard InChI is InChI=1S/C27H28N4O2/c32-26-24(16-20-9-5-2-6-10-20)29-27(33)31(25(26)14-12-19-7-3-1-4-8-19)18-21-11-13-23-22(15-21)17-28-30-23/h1-11,13,15,17,24-26,32H,12,14,16,18H2,(H,28,30)(H,29,33)/t24-,25-,26+/m1/s1. The van der Waals surface area contributed by atoms with Crippen molar-refractivity contribution in [3.63, 3.8) is 0 Å². The number of H-pyrrole nitrogens is 1. The van der Waals surface area contributed by atoms with Gasteiger partial charge in [-0.25, -0.2) is 4.79 Å². The van der Waals surface area contributed by atoms with Crippen LogP contribution in [0, 0.1) is 0 Å². The number of nitrogens with zero attached hydrogens (tertiary/aromatic N) is 2. The molecule has 0 spiro atoms. The summed E-state index contributed by atoms with van der Waals surface area (Å²) < 4.78 is 0. The van der Waals surface area contributed by atoms with Crippen molar-refractivity contribution >= 4 is 16.9 Å². The van der Waals surface area contributed by atoms with Crippen LogP contribution in [0.5, 0.6) is 0 Å².